The fraction of sp³-hybridized carbons (Fsp3) is 0. The summed E-state index contributed by atoms with van der Waals surface area (Å²) < 4.78 is 13.7. The summed E-state index contributed by atoms with van der Waals surface area (Å²) in [5.74, 6) is -1.99. The molecule has 0 aliphatic heterocycles. The highest BCUT2D eigenvalue weighted by molar-refractivity contribution is 9.10. The molecule has 0 radical (unpaired) electrons. The Labute approximate surface area is 93.5 Å². The second-order valence-corrected chi connectivity index (χ2v) is 3.93. The van der Waals surface area contributed by atoms with Crippen molar-refractivity contribution in [2.24, 2.45) is 0 Å². The monoisotopic (exact) mass is 268 g/mol. The van der Waals surface area contributed by atoms with Crippen LogP contribution in [0, 0.1) is 5.82 Å². The number of rotatable bonds is 1. The van der Waals surface area contributed by atoms with E-state index < -0.39 is 11.8 Å². The van der Waals surface area contributed by atoms with Gasteiger partial charge in [-0.15, -0.1) is 0 Å². The zero-order valence-corrected chi connectivity index (χ0v) is 9.08. The van der Waals surface area contributed by atoms with Crippen LogP contribution in [0.4, 0.5) is 4.39 Å². The summed E-state index contributed by atoms with van der Waals surface area (Å²) in [4.78, 5) is 10.9. The Kier molecular flexibility index (Phi) is 2.44. The van der Waals surface area contributed by atoms with Gasteiger partial charge in [-0.1, -0.05) is 24.3 Å². The van der Waals surface area contributed by atoms with Crippen molar-refractivity contribution in [2.45, 2.75) is 0 Å². The molecule has 0 heterocycles. The molecular formula is C11H6BrFO2. The lowest BCUT2D eigenvalue weighted by atomic mass is 10.0. The lowest BCUT2D eigenvalue weighted by molar-refractivity contribution is 0.0694. The van der Waals surface area contributed by atoms with E-state index in [-0.39, 0.29) is 10.0 Å². The van der Waals surface area contributed by atoms with Gasteiger partial charge in [0.2, 0.25) is 0 Å². The summed E-state index contributed by atoms with van der Waals surface area (Å²) in [5.41, 5.74) is -0.292. The quantitative estimate of drug-likeness (QED) is 0.861. The average molecular weight is 269 g/mol. The number of carboxylic acids is 1. The predicted molar refractivity (Wildman–Crippen MR) is 58.6 cm³/mol. The summed E-state index contributed by atoms with van der Waals surface area (Å²) >= 11 is 3.00. The second kappa shape index (κ2) is 3.62. The highest BCUT2D eigenvalue weighted by Crippen LogP contribution is 2.28. The highest BCUT2D eigenvalue weighted by atomic mass is 79.9. The van der Waals surface area contributed by atoms with Crippen molar-refractivity contribution in [3.05, 3.63) is 46.2 Å². The normalized spacial score (nSPS) is 10.5. The minimum absolute atomic E-state index is 0.165. The van der Waals surface area contributed by atoms with Crippen LogP contribution in [0.25, 0.3) is 10.8 Å². The molecule has 2 aromatic carbocycles. The van der Waals surface area contributed by atoms with Crippen LogP contribution in [0.2, 0.25) is 0 Å². The first kappa shape index (κ1) is 10.1. The Morgan fingerprint density at radius 1 is 1.33 bits per heavy atom. The van der Waals surface area contributed by atoms with Crippen molar-refractivity contribution in [3.8, 4) is 0 Å². The molecule has 0 saturated heterocycles. The molecule has 0 aliphatic carbocycles. The maximum Gasteiger partial charge on any atom is 0.339 e. The third-order valence-electron chi connectivity index (χ3n) is 2.16. The standard InChI is InChI=1S/C11H6BrFO2/c12-8-5-6-3-1-2-4-7(6)9(10(8)13)11(14)15/h1-5H,(H,14,15). The summed E-state index contributed by atoms with van der Waals surface area (Å²) in [5, 5.41) is 10.0. The number of carbonyl (C=O) groups is 1. The van der Waals surface area contributed by atoms with Crippen LogP contribution in [0.5, 0.6) is 0 Å². The number of fused-ring (bicyclic) bond motifs is 1. The fourth-order valence-corrected chi connectivity index (χ4v) is 1.94. The number of hydrogen-bond donors (Lipinski definition) is 1. The molecule has 0 atom stereocenters. The van der Waals surface area contributed by atoms with Crippen molar-refractivity contribution >= 4 is 32.7 Å². The Morgan fingerprint density at radius 3 is 2.67 bits per heavy atom. The fourth-order valence-electron chi connectivity index (χ4n) is 1.50. The predicted octanol–water partition coefficient (Wildman–Crippen LogP) is 3.44. The Balaban J connectivity index is 2.95. The van der Waals surface area contributed by atoms with Crippen LogP contribution in [-0.2, 0) is 0 Å². The molecule has 2 rings (SSSR count). The van der Waals surface area contributed by atoms with Gasteiger partial charge in [-0.3, -0.25) is 0 Å². The molecule has 0 aromatic heterocycles. The number of benzene rings is 2. The van der Waals surface area contributed by atoms with E-state index in [4.69, 9.17) is 5.11 Å². The molecule has 2 aromatic rings. The summed E-state index contributed by atoms with van der Waals surface area (Å²) in [7, 11) is 0. The molecular weight excluding hydrogens is 263 g/mol. The number of aromatic carboxylic acids is 1. The number of hydrogen-bond acceptors (Lipinski definition) is 1. The molecule has 15 heavy (non-hydrogen) atoms. The maximum absolute atomic E-state index is 13.6. The maximum atomic E-state index is 13.6. The average Bonchev–Trinajstić information content (AvgIpc) is 2.19. The molecule has 0 aliphatic rings. The molecule has 0 bridgehead atoms. The van der Waals surface area contributed by atoms with Crippen molar-refractivity contribution in [1.82, 2.24) is 0 Å². The Morgan fingerprint density at radius 2 is 2.00 bits per heavy atom. The molecule has 1 N–H and O–H groups in total. The van der Waals surface area contributed by atoms with Crippen molar-refractivity contribution in [2.75, 3.05) is 0 Å². The Hall–Kier alpha value is -1.42. The van der Waals surface area contributed by atoms with Crippen LogP contribution < -0.4 is 0 Å². The van der Waals surface area contributed by atoms with Gasteiger partial charge in [-0.25, -0.2) is 9.18 Å². The number of carboxylic acid groups (broad SMARTS) is 1. The molecule has 0 saturated carbocycles. The van der Waals surface area contributed by atoms with Crippen LogP contribution in [0.15, 0.2) is 34.8 Å². The first-order chi connectivity index (χ1) is 7.11. The van der Waals surface area contributed by atoms with Crippen molar-refractivity contribution in [1.29, 1.82) is 0 Å². The number of halogens is 2. The molecule has 0 unspecified atom stereocenters. The van der Waals surface area contributed by atoms with Crippen molar-refractivity contribution in [3.63, 3.8) is 0 Å². The smallest absolute Gasteiger partial charge is 0.339 e. The third-order valence-corrected chi connectivity index (χ3v) is 2.73. The SMILES string of the molecule is O=C(O)c1c(F)c(Br)cc2ccccc12. The van der Waals surface area contributed by atoms with E-state index in [1.807, 2.05) is 0 Å². The largest absolute Gasteiger partial charge is 0.478 e. The molecule has 0 spiro atoms. The molecule has 0 fully saturated rings. The van der Waals surface area contributed by atoms with Crippen LogP contribution >= 0.6 is 15.9 Å². The van der Waals surface area contributed by atoms with Gasteiger partial charge in [0.05, 0.1) is 4.47 Å². The Bertz CT molecular complexity index is 552. The van der Waals surface area contributed by atoms with E-state index in [0.717, 1.165) is 0 Å². The van der Waals surface area contributed by atoms with E-state index in [2.05, 4.69) is 15.9 Å². The summed E-state index contributed by atoms with van der Waals surface area (Å²) in [6.07, 6.45) is 0. The minimum Gasteiger partial charge on any atom is -0.478 e. The topological polar surface area (TPSA) is 37.3 Å². The van der Waals surface area contributed by atoms with Gasteiger partial charge in [-0.2, -0.15) is 0 Å². The highest BCUT2D eigenvalue weighted by Gasteiger charge is 2.17. The molecule has 0 amide bonds. The summed E-state index contributed by atoms with van der Waals surface area (Å²) in [6.45, 7) is 0. The van der Waals surface area contributed by atoms with Gasteiger partial charge < -0.3 is 5.11 Å². The van der Waals surface area contributed by atoms with Gasteiger partial charge in [-0.05, 0) is 32.8 Å². The van der Waals surface area contributed by atoms with E-state index >= 15 is 0 Å². The van der Waals surface area contributed by atoms with Gasteiger partial charge >= 0.3 is 5.97 Å². The molecule has 76 valence electrons. The van der Waals surface area contributed by atoms with E-state index in [0.29, 0.717) is 10.8 Å². The third kappa shape index (κ3) is 1.61. The molecule has 4 heteroatoms. The lowest BCUT2D eigenvalue weighted by Gasteiger charge is -2.05. The van der Waals surface area contributed by atoms with E-state index in [1.54, 1.807) is 30.3 Å². The zero-order chi connectivity index (χ0) is 11.0. The van der Waals surface area contributed by atoms with Crippen LogP contribution in [-0.4, -0.2) is 11.1 Å². The lowest BCUT2D eigenvalue weighted by Crippen LogP contribution is -2.02. The van der Waals surface area contributed by atoms with Crippen LogP contribution in [0.3, 0.4) is 0 Å². The van der Waals surface area contributed by atoms with Crippen molar-refractivity contribution < 1.29 is 14.3 Å². The zero-order valence-electron chi connectivity index (χ0n) is 7.50. The van der Waals surface area contributed by atoms with Gasteiger partial charge in [0.1, 0.15) is 5.56 Å². The minimum atomic E-state index is -1.26. The summed E-state index contributed by atoms with van der Waals surface area (Å²) in [6, 6.07) is 8.36. The van der Waals surface area contributed by atoms with Crippen LogP contribution in [0.1, 0.15) is 10.4 Å². The first-order valence-corrected chi connectivity index (χ1v) is 5.00. The van der Waals surface area contributed by atoms with E-state index in [1.165, 1.54) is 0 Å². The second-order valence-electron chi connectivity index (χ2n) is 3.07. The van der Waals surface area contributed by atoms with E-state index in [9.17, 15) is 9.18 Å². The molecule has 2 nitrogen and oxygen atoms in total. The first-order valence-electron chi connectivity index (χ1n) is 4.21. The van der Waals surface area contributed by atoms with Gasteiger partial charge in [0.15, 0.2) is 5.82 Å². The van der Waals surface area contributed by atoms with Gasteiger partial charge in [0.25, 0.3) is 0 Å². The van der Waals surface area contributed by atoms with Gasteiger partial charge in [0, 0.05) is 0 Å².